The number of fused-ring (bicyclic) bond motifs is 1. The van der Waals surface area contributed by atoms with E-state index in [-0.39, 0.29) is 31.2 Å². The zero-order valence-electron chi connectivity index (χ0n) is 14.1. The first kappa shape index (κ1) is 17.9. The van der Waals surface area contributed by atoms with Gasteiger partial charge in [-0.3, -0.25) is 9.59 Å². The second-order valence-electron chi connectivity index (χ2n) is 5.68. The van der Waals surface area contributed by atoms with E-state index >= 15 is 0 Å². The van der Waals surface area contributed by atoms with E-state index in [2.05, 4.69) is 15.6 Å². The lowest BCUT2D eigenvalue weighted by molar-refractivity contribution is -0.123. The number of nitrogens with zero attached hydrogens (tertiary/aromatic N) is 3. The number of rotatable bonds is 6. The maximum absolute atomic E-state index is 12.3. The van der Waals surface area contributed by atoms with Crippen molar-refractivity contribution in [2.24, 2.45) is 0 Å². The molecule has 7 nitrogen and oxygen atoms in total. The molecule has 0 atom stereocenters. The average Bonchev–Trinajstić information content (AvgIpc) is 2.63. The second-order valence-corrected chi connectivity index (χ2v) is 6.12. The molecule has 0 bridgehead atoms. The fraction of sp³-hybridized carbons (Fsp3) is 0.222. The van der Waals surface area contributed by atoms with Crippen molar-refractivity contribution in [3.8, 4) is 5.75 Å². The maximum Gasteiger partial charge on any atom is 0.277 e. The molecule has 1 N–H and O–H groups in total. The van der Waals surface area contributed by atoms with Gasteiger partial charge in [-0.25, -0.2) is 4.68 Å². The predicted octanol–water partition coefficient (Wildman–Crippen LogP) is 1.95. The van der Waals surface area contributed by atoms with Crippen molar-refractivity contribution in [3.63, 3.8) is 0 Å². The van der Waals surface area contributed by atoms with Crippen LogP contribution in [-0.4, -0.2) is 34.1 Å². The first-order valence-corrected chi connectivity index (χ1v) is 8.40. The molecular weight excluding hydrogens is 356 g/mol. The third kappa shape index (κ3) is 4.18. The molecular formula is C18H17ClN4O3. The van der Waals surface area contributed by atoms with Gasteiger partial charge in [0.2, 0.25) is 0 Å². The number of hydrogen-bond donors (Lipinski definition) is 1. The van der Waals surface area contributed by atoms with E-state index in [0.717, 1.165) is 5.56 Å². The average molecular weight is 373 g/mol. The third-order valence-corrected chi connectivity index (χ3v) is 4.01. The standard InChI is InChI=1S/C18H17ClN4O3/c1-12-10-13(19)6-7-16(12)26-11-17(24)20-8-9-23-18(25)14-4-2-3-5-15(14)21-22-23/h2-7,10H,8-9,11H2,1H3,(H,20,24). The number of hydrogen-bond acceptors (Lipinski definition) is 5. The van der Waals surface area contributed by atoms with Gasteiger partial charge in [-0.2, -0.15) is 0 Å². The largest absolute Gasteiger partial charge is 0.484 e. The molecule has 0 spiro atoms. The van der Waals surface area contributed by atoms with E-state index in [0.29, 0.717) is 21.7 Å². The number of ether oxygens (including phenoxy) is 1. The highest BCUT2D eigenvalue weighted by Gasteiger charge is 2.07. The minimum atomic E-state index is -0.291. The number of carbonyl (C=O) groups is 1. The SMILES string of the molecule is Cc1cc(Cl)ccc1OCC(=O)NCCn1nnc2ccccc2c1=O. The van der Waals surface area contributed by atoms with Crippen molar-refractivity contribution in [1.29, 1.82) is 0 Å². The van der Waals surface area contributed by atoms with Crippen molar-refractivity contribution in [2.75, 3.05) is 13.2 Å². The zero-order chi connectivity index (χ0) is 18.5. The highest BCUT2D eigenvalue weighted by atomic mass is 35.5. The van der Waals surface area contributed by atoms with Crippen LogP contribution in [0.25, 0.3) is 10.9 Å². The van der Waals surface area contributed by atoms with Crippen LogP contribution in [0.3, 0.4) is 0 Å². The number of amides is 1. The minimum absolute atomic E-state index is 0.124. The predicted molar refractivity (Wildman–Crippen MR) is 98.5 cm³/mol. The van der Waals surface area contributed by atoms with Crippen LogP contribution in [0.4, 0.5) is 0 Å². The van der Waals surface area contributed by atoms with Crippen molar-refractivity contribution in [2.45, 2.75) is 13.5 Å². The van der Waals surface area contributed by atoms with Crippen molar-refractivity contribution >= 4 is 28.4 Å². The summed E-state index contributed by atoms with van der Waals surface area (Å²) >= 11 is 5.88. The second kappa shape index (κ2) is 7.97. The number of carbonyl (C=O) groups excluding carboxylic acids is 1. The van der Waals surface area contributed by atoms with Crippen molar-refractivity contribution in [1.82, 2.24) is 20.3 Å². The Labute approximate surface area is 154 Å². The molecule has 1 heterocycles. The smallest absolute Gasteiger partial charge is 0.277 e. The highest BCUT2D eigenvalue weighted by Crippen LogP contribution is 2.21. The molecule has 3 aromatic rings. The minimum Gasteiger partial charge on any atom is -0.484 e. The number of aromatic nitrogens is 3. The summed E-state index contributed by atoms with van der Waals surface area (Å²) in [5, 5.41) is 11.7. The molecule has 0 radical (unpaired) electrons. The van der Waals surface area contributed by atoms with Crippen LogP contribution in [0.5, 0.6) is 5.75 Å². The summed E-state index contributed by atoms with van der Waals surface area (Å²) in [6, 6.07) is 12.2. The van der Waals surface area contributed by atoms with Crippen LogP contribution in [-0.2, 0) is 11.3 Å². The molecule has 0 aliphatic rings. The van der Waals surface area contributed by atoms with Gasteiger partial charge in [-0.15, -0.1) is 5.10 Å². The van der Waals surface area contributed by atoms with Gasteiger partial charge < -0.3 is 10.1 Å². The summed E-state index contributed by atoms with van der Waals surface area (Å²) in [5.74, 6) is 0.308. The molecule has 0 aliphatic carbocycles. The van der Waals surface area contributed by atoms with Gasteiger partial charge in [0.15, 0.2) is 6.61 Å². The molecule has 1 aromatic heterocycles. The first-order valence-electron chi connectivity index (χ1n) is 8.03. The fourth-order valence-corrected chi connectivity index (χ4v) is 2.67. The molecule has 1 amide bonds. The number of nitrogens with one attached hydrogen (secondary N) is 1. The van der Waals surface area contributed by atoms with Crippen LogP contribution >= 0.6 is 11.6 Å². The van der Waals surface area contributed by atoms with E-state index in [1.54, 1.807) is 42.5 Å². The Kier molecular flexibility index (Phi) is 5.48. The third-order valence-electron chi connectivity index (χ3n) is 3.77. The van der Waals surface area contributed by atoms with Gasteiger partial charge in [0.1, 0.15) is 11.3 Å². The molecule has 3 rings (SSSR count). The summed E-state index contributed by atoms with van der Waals surface area (Å²) in [7, 11) is 0. The van der Waals surface area contributed by atoms with Crippen LogP contribution in [0.1, 0.15) is 5.56 Å². The van der Waals surface area contributed by atoms with E-state index in [9.17, 15) is 9.59 Å². The molecule has 0 fully saturated rings. The molecule has 134 valence electrons. The van der Waals surface area contributed by atoms with Gasteiger partial charge >= 0.3 is 0 Å². The zero-order valence-corrected chi connectivity index (χ0v) is 14.9. The summed E-state index contributed by atoms with van der Waals surface area (Å²) < 4.78 is 6.70. The number of halogens is 1. The maximum atomic E-state index is 12.3. The Balaban J connectivity index is 1.52. The van der Waals surface area contributed by atoms with Crippen LogP contribution in [0.15, 0.2) is 47.3 Å². The van der Waals surface area contributed by atoms with Crippen molar-refractivity contribution < 1.29 is 9.53 Å². The molecule has 0 unspecified atom stereocenters. The van der Waals surface area contributed by atoms with Crippen LogP contribution < -0.4 is 15.6 Å². The molecule has 0 saturated carbocycles. The highest BCUT2D eigenvalue weighted by molar-refractivity contribution is 6.30. The van der Waals surface area contributed by atoms with Gasteiger partial charge in [0, 0.05) is 11.6 Å². The van der Waals surface area contributed by atoms with Gasteiger partial charge in [0.05, 0.1) is 11.9 Å². The lowest BCUT2D eigenvalue weighted by Crippen LogP contribution is -2.35. The van der Waals surface area contributed by atoms with Gasteiger partial charge in [-0.05, 0) is 42.8 Å². The van der Waals surface area contributed by atoms with Crippen molar-refractivity contribution in [3.05, 3.63) is 63.4 Å². The lowest BCUT2D eigenvalue weighted by Gasteiger charge is -2.10. The number of benzene rings is 2. The van der Waals surface area contributed by atoms with Gasteiger partial charge in [0.25, 0.3) is 11.5 Å². The molecule has 8 heteroatoms. The normalized spacial score (nSPS) is 10.7. The van der Waals surface area contributed by atoms with Crippen LogP contribution in [0, 0.1) is 6.92 Å². The van der Waals surface area contributed by atoms with Gasteiger partial charge in [-0.1, -0.05) is 28.9 Å². The molecule has 0 saturated heterocycles. The topological polar surface area (TPSA) is 86.1 Å². The molecule has 26 heavy (non-hydrogen) atoms. The van der Waals surface area contributed by atoms with E-state index in [1.807, 2.05) is 6.92 Å². The Morgan fingerprint density at radius 1 is 1.27 bits per heavy atom. The Hall–Kier alpha value is -2.93. The Morgan fingerprint density at radius 2 is 2.08 bits per heavy atom. The molecule has 2 aromatic carbocycles. The lowest BCUT2D eigenvalue weighted by atomic mass is 10.2. The Bertz CT molecular complexity index is 1000. The quantitative estimate of drug-likeness (QED) is 0.714. The summed E-state index contributed by atoms with van der Waals surface area (Å²) in [6.07, 6.45) is 0. The van der Waals surface area contributed by atoms with E-state index < -0.39 is 0 Å². The number of aryl methyl sites for hydroxylation is 1. The first-order chi connectivity index (χ1) is 12.5. The summed E-state index contributed by atoms with van der Waals surface area (Å²) in [5.41, 5.74) is 1.16. The van der Waals surface area contributed by atoms with Crippen LogP contribution in [0.2, 0.25) is 5.02 Å². The van der Waals surface area contributed by atoms with E-state index in [1.165, 1.54) is 4.68 Å². The summed E-state index contributed by atoms with van der Waals surface area (Å²) in [4.78, 5) is 24.2. The van der Waals surface area contributed by atoms with E-state index in [4.69, 9.17) is 16.3 Å². The summed E-state index contributed by atoms with van der Waals surface area (Å²) in [6.45, 7) is 2.20. The fourth-order valence-electron chi connectivity index (χ4n) is 2.44. The monoisotopic (exact) mass is 372 g/mol. The molecule has 0 aliphatic heterocycles. The Morgan fingerprint density at radius 3 is 2.88 bits per heavy atom.